The molecule has 0 bridgehead atoms. The van der Waals surface area contributed by atoms with Crippen LogP contribution in [0.4, 0.5) is 0 Å². The summed E-state index contributed by atoms with van der Waals surface area (Å²) in [4.78, 5) is 34.8. The molecule has 2 aromatic rings. The molecule has 2 rings (SSSR count). The van der Waals surface area contributed by atoms with Crippen molar-refractivity contribution in [3.63, 3.8) is 0 Å². The van der Waals surface area contributed by atoms with Gasteiger partial charge in [0.2, 0.25) is 0 Å². The van der Waals surface area contributed by atoms with Crippen molar-refractivity contribution in [1.29, 1.82) is 0 Å². The normalized spacial score (nSPS) is 11.3. The van der Waals surface area contributed by atoms with Crippen molar-refractivity contribution in [2.24, 2.45) is 0 Å². The average Bonchev–Trinajstić information content (AvgIpc) is 2.78. The summed E-state index contributed by atoms with van der Waals surface area (Å²) in [6.45, 7) is 7.84. The smallest absolute Gasteiger partial charge is 0.268 e. The van der Waals surface area contributed by atoms with Crippen molar-refractivity contribution < 1.29 is 19.2 Å². The zero-order valence-electron chi connectivity index (χ0n) is 17.3. The van der Waals surface area contributed by atoms with Crippen molar-refractivity contribution in [2.45, 2.75) is 18.9 Å². The fraction of sp³-hybridized carbons (Fsp3) is 0.261. The molecule has 0 aliphatic heterocycles. The van der Waals surface area contributed by atoms with Gasteiger partial charge in [0.25, 0.3) is 11.8 Å². The van der Waals surface area contributed by atoms with Gasteiger partial charge in [0.05, 0.1) is 19.4 Å². The van der Waals surface area contributed by atoms with E-state index in [0.29, 0.717) is 29.2 Å². The quantitative estimate of drug-likeness (QED) is 0.350. The molecule has 1 aromatic carbocycles. The summed E-state index contributed by atoms with van der Waals surface area (Å²) in [6, 6.07) is 9.81. The molecule has 158 valence electrons. The first-order valence-corrected chi connectivity index (χ1v) is 9.54. The second kappa shape index (κ2) is 11.5. The second-order valence-electron chi connectivity index (χ2n) is 6.42. The molecule has 1 atom stereocenters. The van der Waals surface area contributed by atoms with E-state index in [1.165, 1.54) is 14.2 Å². The van der Waals surface area contributed by atoms with E-state index in [4.69, 9.17) is 9.57 Å². The highest BCUT2D eigenvalue weighted by molar-refractivity contribution is 6.02. The largest absolute Gasteiger partial charge is 0.493 e. The molecule has 1 heterocycles. The number of hydrogen-bond acceptors (Lipinski definition) is 5. The van der Waals surface area contributed by atoms with E-state index in [2.05, 4.69) is 23.5 Å². The van der Waals surface area contributed by atoms with E-state index in [1.54, 1.807) is 48.7 Å². The number of hydroxylamine groups is 2. The molecule has 30 heavy (non-hydrogen) atoms. The fourth-order valence-electron chi connectivity index (χ4n) is 2.75. The van der Waals surface area contributed by atoms with Crippen molar-refractivity contribution >= 4 is 11.8 Å². The molecular formula is C23H27N3O4. The molecule has 0 spiro atoms. The summed E-state index contributed by atoms with van der Waals surface area (Å²) in [5, 5.41) is 3.84. The number of hydrogen-bond donors (Lipinski definition) is 1. The van der Waals surface area contributed by atoms with E-state index in [9.17, 15) is 9.59 Å². The van der Waals surface area contributed by atoms with Gasteiger partial charge in [-0.2, -0.15) is 0 Å². The molecule has 0 fully saturated rings. The third-order valence-electron chi connectivity index (χ3n) is 4.36. The van der Waals surface area contributed by atoms with Gasteiger partial charge >= 0.3 is 0 Å². The number of carbonyl (C=O) groups is 2. The van der Waals surface area contributed by atoms with Gasteiger partial charge in [0.15, 0.2) is 0 Å². The van der Waals surface area contributed by atoms with Gasteiger partial charge in [-0.1, -0.05) is 30.4 Å². The van der Waals surface area contributed by atoms with Crippen molar-refractivity contribution in [3.05, 3.63) is 73.5 Å². The number of rotatable bonds is 11. The van der Waals surface area contributed by atoms with Gasteiger partial charge in [-0.05, 0) is 25.0 Å². The Morgan fingerprint density at radius 1 is 1.23 bits per heavy atom. The fourth-order valence-corrected chi connectivity index (χ4v) is 2.75. The van der Waals surface area contributed by atoms with Crippen LogP contribution in [0, 0.1) is 0 Å². The van der Waals surface area contributed by atoms with E-state index >= 15 is 0 Å². The molecule has 0 unspecified atom stereocenters. The summed E-state index contributed by atoms with van der Waals surface area (Å²) in [7, 11) is 2.87. The van der Waals surface area contributed by atoms with Crippen LogP contribution in [0.25, 0.3) is 11.3 Å². The minimum absolute atomic E-state index is 0.269. The third kappa shape index (κ3) is 6.02. The lowest BCUT2D eigenvalue weighted by Gasteiger charge is -2.22. The minimum Gasteiger partial charge on any atom is -0.493 e. The number of aromatic nitrogens is 1. The number of amides is 2. The third-order valence-corrected chi connectivity index (χ3v) is 4.36. The highest BCUT2D eigenvalue weighted by atomic mass is 16.7. The van der Waals surface area contributed by atoms with Crippen LogP contribution in [0.5, 0.6) is 5.75 Å². The van der Waals surface area contributed by atoms with Crippen LogP contribution in [-0.2, 0) is 9.63 Å². The Balaban J connectivity index is 2.28. The van der Waals surface area contributed by atoms with Crippen molar-refractivity contribution in [3.8, 4) is 17.0 Å². The number of nitrogens with one attached hydrogen (secondary N) is 1. The molecule has 7 heteroatoms. The van der Waals surface area contributed by atoms with Crippen LogP contribution in [0.3, 0.4) is 0 Å². The summed E-state index contributed by atoms with van der Waals surface area (Å²) in [6.07, 6.45) is 5.98. The number of carbonyl (C=O) groups excluding carboxylic acids is 2. The Hall–Kier alpha value is -3.45. The lowest BCUT2D eigenvalue weighted by atomic mass is 10.0. The van der Waals surface area contributed by atoms with Crippen LogP contribution in [0.2, 0.25) is 0 Å². The van der Waals surface area contributed by atoms with E-state index in [1.807, 2.05) is 6.07 Å². The van der Waals surface area contributed by atoms with Crippen LogP contribution in [0.15, 0.2) is 67.9 Å². The minimum atomic E-state index is -0.797. The zero-order valence-corrected chi connectivity index (χ0v) is 17.3. The van der Waals surface area contributed by atoms with Crippen molar-refractivity contribution in [1.82, 2.24) is 15.4 Å². The Bertz CT molecular complexity index is 898. The molecular weight excluding hydrogens is 382 g/mol. The first-order chi connectivity index (χ1) is 14.5. The standard InChI is InChI=1S/C23H27N3O4/c1-5-7-15-30-17-13-14-24-21(16-17)18-11-8-9-12-19(18)22(27)25-20(10-6-2)23(28)26(3)29-4/h5-6,8-9,11-14,16,20H,1-2,7,10,15H2,3-4H3,(H,25,27)/t20-/m0/s1. The lowest BCUT2D eigenvalue weighted by molar-refractivity contribution is -0.170. The Morgan fingerprint density at radius 3 is 2.70 bits per heavy atom. The number of ether oxygens (including phenoxy) is 1. The lowest BCUT2D eigenvalue weighted by Crippen LogP contribution is -2.46. The van der Waals surface area contributed by atoms with Gasteiger partial charge in [-0.3, -0.25) is 19.4 Å². The molecule has 1 N–H and O–H groups in total. The highest BCUT2D eigenvalue weighted by Gasteiger charge is 2.25. The monoisotopic (exact) mass is 409 g/mol. The Kier molecular flexibility index (Phi) is 8.77. The maximum absolute atomic E-state index is 13.0. The maximum atomic E-state index is 13.0. The summed E-state index contributed by atoms with van der Waals surface area (Å²) < 4.78 is 5.69. The van der Waals surface area contributed by atoms with Gasteiger partial charge in [-0.25, -0.2) is 5.06 Å². The van der Waals surface area contributed by atoms with Crippen LogP contribution >= 0.6 is 0 Å². The number of pyridine rings is 1. The SMILES string of the molecule is C=CCCOc1ccnc(-c2ccccc2C(=O)N[C@@H](CC=C)C(=O)N(C)OC)c1. The predicted octanol–water partition coefficient (Wildman–Crippen LogP) is 3.40. The first kappa shape index (κ1) is 22.8. The number of nitrogens with zero attached hydrogens (tertiary/aromatic N) is 2. The molecule has 0 radical (unpaired) electrons. The molecule has 0 saturated carbocycles. The van der Waals surface area contributed by atoms with Crippen molar-refractivity contribution in [2.75, 3.05) is 20.8 Å². The van der Waals surface area contributed by atoms with E-state index in [0.717, 1.165) is 11.5 Å². The molecule has 0 saturated heterocycles. The number of likely N-dealkylation sites (N-methyl/N-ethyl adjacent to an activating group) is 1. The van der Waals surface area contributed by atoms with E-state index in [-0.39, 0.29) is 12.3 Å². The molecule has 1 aromatic heterocycles. The van der Waals surface area contributed by atoms with E-state index < -0.39 is 11.9 Å². The Labute approximate surface area is 177 Å². The maximum Gasteiger partial charge on any atom is 0.268 e. The molecule has 0 aliphatic carbocycles. The predicted molar refractivity (Wildman–Crippen MR) is 116 cm³/mol. The van der Waals surface area contributed by atoms with Gasteiger partial charge in [0, 0.05) is 30.4 Å². The van der Waals surface area contributed by atoms with Gasteiger partial charge in [-0.15, -0.1) is 13.2 Å². The molecule has 0 aliphatic rings. The average molecular weight is 409 g/mol. The number of benzene rings is 1. The Morgan fingerprint density at radius 2 is 2.00 bits per heavy atom. The topological polar surface area (TPSA) is 80.8 Å². The van der Waals surface area contributed by atoms with Crippen LogP contribution in [-0.4, -0.2) is 48.7 Å². The van der Waals surface area contributed by atoms with Gasteiger partial charge < -0.3 is 10.1 Å². The van der Waals surface area contributed by atoms with Gasteiger partial charge in [0.1, 0.15) is 11.8 Å². The van der Waals surface area contributed by atoms with Crippen LogP contribution in [0.1, 0.15) is 23.2 Å². The zero-order chi connectivity index (χ0) is 21.9. The summed E-state index contributed by atoms with van der Waals surface area (Å²) in [5.41, 5.74) is 1.63. The summed E-state index contributed by atoms with van der Waals surface area (Å²) in [5.74, 6) is -0.118. The first-order valence-electron chi connectivity index (χ1n) is 9.54. The molecule has 2 amide bonds. The second-order valence-corrected chi connectivity index (χ2v) is 6.42. The summed E-state index contributed by atoms with van der Waals surface area (Å²) >= 11 is 0. The van der Waals surface area contributed by atoms with Crippen LogP contribution < -0.4 is 10.1 Å². The molecule has 7 nitrogen and oxygen atoms in total. The highest BCUT2D eigenvalue weighted by Crippen LogP contribution is 2.25.